The number of carbonyl (C=O) groups is 1. The lowest BCUT2D eigenvalue weighted by Crippen LogP contribution is -2.71. The molecule has 5 rings (SSSR count). The van der Waals surface area contributed by atoms with Gasteiger partial charge in [-0.1, -0.05) is 12.8 Å². The Hall–Kier alpha value is -0.660. The van der Waals surface area contributed by atoms with E-state index < -0.39 is 61.3 Å². The maximum absolute atomic E-state index is 15.9. The van der Waals surface area contributed by atoms with E-state index in [1.54, 1.807) is 0 Å². The van der Waals surface area contributed by atoms with E-state index >= 15 is 4.39 Å². The number of primary amides is 1. The van der Waals surface area contributed by atoms with E-state index in [2.05, 4.69) is 26.2 Å². The van der Waals surface area contributed by atoms with Gasteiger partial charge in [-0.3, -0.25) is 25.6 Å². The van der Waals surface area contributed by atoms with E-state index in [9.17, 15) is 18.0 Å². The number of amides is 1. The predicted molar refractivity (Wildman–Crippen MR) is 132 cm³/mol. The minimum absolute atomic E-state index is 0.0929. The third kappa shape index (κ3) is 5.68. The molecule has 0 spiro atoms. The van der Waals surface area contributed by atoms with Crippen LogP contribution in [0.25, 0.3) is 0 Å². The van der Waals surface area contributed by atoms with Gasteiger partial charge in [-0.2, -0.15) is 0 Å². The van der Waals surface area contributed by atoms with Crippen molar-refractivity contribution in [1.29, 1.82) is 0 Å². The first-order valence-corrected chi connectivity index (χ1v) is 14.5. The molecule has 0 aromatic heterocycles. The van der Waals surface area contributed by atoms with E-state index in [4.69, 9.17) is 5.73 Å². The van der Waals surface area contributed by atoms with Crippen LogP contribution in [0.1, 0.15) is 57.8 Å². The third-order valence-corrected chi connectivity index (χ3v) is 10.5. The monoisotopic (exact) mass is 536 g/mol. The summed E-state index contributed by atoms with van der Waals surface area (Å²) >= 11 is 2.01. The van der Waals surface area contributed by atoms with Gasteiger partial charge in [-0.25, -0.2) is 17.6 Å². The molecule has 2 saturated carbocycles. The average Bonchev–Trinajstić information content (AvgIpc) is 3.50. The number of nitrogens with zero attached hydrogens (tertiary/aromatic N) is 1. The number of rotatable bonds is 7. The summed E-state index contributed by atoms with van der Waals surface area (Å²) in [6, 6.07) is -0.290. The molecular formula is C24H40F4N6OS. The van der Waals surface area contributed by atoms with Crippen molar-refractivity contribution in [1.82, 2.24) is 26.2 Å². The van der Waals surface area contributed by atoms with Gasteiger partial charge in [0.05, 0.1) is 23.7 Å². The zero-order valence-corrected chi connectivity index (χ0v) is 21.4. The Kier molecular flexibility index (Phi) is 8.68. The van der Waals surface area contributed by atoms with Crippen LogP contribution in [0.3, 0.4) is 0 Å². The number of nitrogens with two attached hydrogens (primary N) is 1. The van der Waals surface area contributed by atoms with Crippen LogP contribution in [0.5, 0.6) is 0 Å². The largest absolute Gasteiger partial charge is 0.368 e. The summed E-state index contributed by atoms with van der Waals surface area (Å²) in [7, 11) is 0. The van der Waals surface area contributed by atoms with Crippen molar-refractivity contribution in [3.63, 3.8) is 0 Å². The normalized spacial score (nSPS) is 46.9. The zero-order valence-electron chi connectivity index (χ0n) is 20.6. The molecule has 206 valence electrons. The van der Waals surface area contributed by atoms with Crippen molar-refractivity contribution in [3.05, 3.63) is 0 Å². The quantitative estimate of drug-likeness (QED) is 0.317. The number of hydrogen-bond donors (Lipinski definition) is 5. The lowest BCUT2D eigenvalue weighted by molar-refractivity contribution is -0.121. The minimum Gasteiger partial charge on any atom is -0.368 e. The maximum Gasteiger partial charge on any atom is 0.234 e. The van der Waals surface area contributed by atoms with E-state index in [-0.39, 0.29) is 24.3 Å². The summed E-state index contributed by atoms with van der Waals surface area (Å²) in [5.41, 5.74) is 5.56. The maximum atomic E-state index is 15.9. The first-order chi connectivity index (χ1) is 17.3. The molecule has 6 N–H and O–H groups in total. The van der Waals surface area contributed by atoms with Crippen molar-refractivity contribution in [2.75, 3.05) is 13.2 Å². The van der Waals surface area contributed by atoms with Crippen molar-refractivity contribution in [2.45, 2.75) is 124 Å². The molecule has 0 radical (unpaired) electrons. The highest BCUT2D eigenvalue weighted by atomic mass is 32.2. The molecule has 0 aromatic carbocycles. The number of fused-ring (bicyclic) bond motifs is 1. The lowest BCUT2D eigenvalue weighted by atomic mass is 9.81. The topological polar surface area (TPSA) is 94.5 Å². The third-order valence-electron chi connectivity index (χ3n) is 8.85. The average molecular weight is 537 g/mol. The number of alkyl halides is 4. The van der Waals surface area contributed by atoms with Crippen molar-refractivity contribution >= 4 is 17.7 Å². The Bertz CT molecular complexity index is 758. The Labute approximate surface area is 214 Å². The van der Waals surface area contributed by atoms with Crippen molar-refractivity contribution in [2.24, 2.45) is 11.7 Å². The van der Waals surface area contributed by atoms with E-state index in [1.807, 2.05) is 11.8 Å². The standard InChI is InChI=1S/C24H40F4N6OS/c25-13-10-15(27)14(26)8-12(13)9-17(21(29)35)32-22-20(28)23(31-11-30-22)34-7-3-5-18(34)24-33-16-4-1-2-6-19(16)36-24/h12-20,22-24,30-33H,1-11H2,(H2,29,35)/t12?,13?,14?,15?,16?,17-,18?,19?,20?,22?,23?,24?/m1/s1. The van der Waals surface area contributed by atoms with Crippen LogP contribution in [0.4, 0.5) is 17.6 Å². The molecule has 1 amide bonds. The van der Waals surface area contributed by atoms with Gasteiger partial charge in [-0.15, -0.1) is 11.8 Å². The van der Waals surface area contributed by atoms with E-state index in [0.717, 1.165) is 19.4 Å². The first-order valence-electron chi connectivity index (χ1n) is 13.6. The van der Waals surface area contributed by atoms with Gasteiger partial charge in [0.15, 0.2) is 6.17 Å². The van der Waals surface area contributed by atoms with Crippen LogP contribution in [-0.2, 0) is 4.79 Å². The molecule has 2 aliphatic carbocycles. The Morgan fingerprint density at radius 1 is 1.03 bits per heavy atom. The van der Waals surface area contributed by atoms with E-state index in [0.29, 0.717) is 18.0 Å². The van der Waals surface area contributed by atoms with Crippen LogP contribution in [-0.4, -0.2) is 89.8 Å². The van der Waals surface area contributed by atoms with Gasteiger partial charge < -0.3 is 11.1 Å². The Morgan fingerprint density at radius 2 is 1.81 bits per heavy atom. The Balaban J connectivity index is 1.21. The highest BCUT2D eigenvalue weighted by molar-refractivity contribution is 8.00. The number of thioether (sulfide) groups is 1. The summed E-state index contributed by atoms with van der Waals surface area (Å²) in [5, 5.41) is 13.9. The molecule has 12 heteroatoms. The second-order valence-electron chi connectivity index (χ2n) is 11.2. The molecule has 0 bridgehead atoms. The summed E-state index contributed by atoms with van der Waals surface area (Å²) in [5.74, 6) is -1.60. The molecule has 36 heavy (non-hydrogen) atoms. The number of likely N-dealkylation sites (tertiary alicyclic amines) is 1. The molecule has 5 aliphatic rings. The fraction of sp³-hybridized carbons (Fsp3) is 0.958. The first kappa shape index (κ1) is 26.9. The highest BCUT2D eigenvalue weighted by Gasteiger charge is 2.48. The number of halogens is 4. The summed E-state index contributed by atoms with van der Waals surface area (Å²) in [6.07, 6.45) is -1.91. The smallest absolute Gasteiger partial charge is 0.234 e. The van der Waals surface area contributed by atoms with Crippen LogP contribution >= 0.6 is 11.8 Å². The minimum atomic E-state index is -1.83. The van der Waals surface area contributed by atoms with Gasteiger partial charge in [0, 0.05) is 37.0 Å². The number of nitrogens with one attached hydrogen (secondary N) is 4. The molecule has 3 saturated heterocycles. The second kappa shape index (κ2) is 11.6. The molecule has 7 nitrogen and oxygen atoms in total. The summed E-state index contributed by atoms with van der Waals surface area (Å²) < 4.78 is 57.8. The predicted octanol–water partition coefficient (Wildman–Crippen LogP) is 1.82. The highest BCUT2D eigenvalue weighted by Crippen LogP contribution is 2.41. The van der Waals surface area contributed by atoms with Crippen molar-refractivity contribution in [3.8, 4) is 0 Å². The molecule has 5 fully saturated rings. The molecule has 3 heterocycles. The van der Waals surface area contributed by atoms with Crippen LogP contribution in [0.15, 0.2) is 0 Å². The second-order valence-corrected chi connectivity index (χ2v) is 12.6. The summed E-state index contributed by atoms with van der Waals surface area (Å²) in [4.78, 5) is 14.4. The SMILES string of the molecule is NC(=O)[C@@H](CC1CC(F)C(F)CC1F)NC1NCNC(N2CCCC2C2NC3CCCCC3S2)C1F. The van der Waals surface area contributed by atoms with Crippen LogP contribution in [0.2, 0.25) is 0 Å². The van der Waals surface area contributed by atoms with Crippen LogP contribution < -0.4 is 27.0 Å². The van der Waals surface area contributed by atoms with Gasteiger partial charge >= 0.3 is 0 Å². The number of carbonyl (C=O) groups excluding carboxylic acids is 1. The molecule has 11 unspecified atom stereocenters. The van der Waals surface area contributed by atoms with Crippen LogP contribution in [0, 0.1) is 5.92 Å². The lowest BCUT2D eigenvalue weighted by Gasteiger charge is -2.44. The van der Waals surface area contributed by atoms with Gasteiger partial charge in [-0.05, 0) is 44.4 Å². The molecular weight excluding hydrogens is 496 g/mol. The fourth-order valence-electron chi connectivity index (χ4n) is 6.88. The van der Waals surface area contributed by atoms with E-state index in [1.165, 1.54) is 25.7 Å². The summed E-state index contributed by atoms with van der Waals surface area (Å²) in [6.45, 7) is 1.12. The van der Waals surface area contributed by atoms with Gasteiger partial charge in [0.1, 0.15) is 18.5 Å². The zero-order chi connectivity index (χ0) is 25.4. The van der Waals surface area contributed by atoms with Crippen molar-refractivity contribution < 1.29 is 22.4 Å². The number of hydrogen-bond acceptors (Lipinski definition) is 7. The molecule has 3 aliphatic heterocycles. The fourth-order valence-corrected chi connectivity index (χ4v) is 8.69. The van der Waals surface area contributed by atoms with Gasteiger partial charge in [0.2, 0.25) is 5.91 Å². The molecule has 0 aromatic rings. The molecule has 12 atom stereocenters. The Morgan fingerprint density at radius 3 is 2.58 bits per heavy atom. The van der Waals surface area contributed by atoms with Gasteiger partial charge in [0.25, 0.3) is 0 Å².